The minimum absolute atomic E-state index is 0.0251. The highest BCUT2D eigenvalue weighted by Crippen LogP contribution is 2.22. The number of carbonyl (C=O) groups is 1. The van der Waals surface area contributed by atoms with Gasteiger partial charge in [0.05, 0.1) is 0 Å². The predicted octanol–water partition coefficient (Wildman–Crippen LogP) is 3.72. The van der Waals surface area contributed by atoms with Crippen LogP contribution in [0.3, 0.4) is 0 Å². The number of rotatable bonds is 5. The smallest absolute Gasteiger partial charge is 0.279 e. The average Bonchev–Trinajstić information content (AvgIpc) is 2.58. The molecule has 25 heavy (non-hydrogen) atoms. The van der Waals surface area contributed by atoms with Crippen LogP contribution >= 0.6 is 0 Å². The molecule has 0 heterocycles. The van der Waals surface area contributed by atoms with Gasteiger partial charge >= 0.3 is 0 Å². The third-order valence-electron chi connectivity index (χ3n) is 4.48. The van der Waals surface area contributed by atoms with E-state index in [-0.39, 0.29) is 11.9 Å². The van der Waals surface area contributed by atoms with E-state index < -0.39 is 0 Å². The normalized spacial score (nSPS) is 12.1. The molecule has 0 aliphatic heterocycles. The summed E-state index contributed by atoms with van der Waals surface area (Å²) in [6.45, 7) is 6.62. The topological polar surface area (TPSA) is 45.7 Å². The van der Waals surface area contributed by atoms with E-state index in [1.54, 1.807) is 0 Å². The van der Waals surface area contributed by atoms with Gasteiger partial charge in [0.15, 0.2) is 6.54 Å². The first-order valence-corrected chi connectivity index (χ1v) is 8.72. The SMILES string of the molecule is Cc1cc(C)cc(NC(=O)C[NH2+][C@@H](C)c2cccc3ccccc23)c1. The molecule has 0 aliphatic carbocycles. The Morgan fingerprint density at radius 2 is 1.68 bits per heavy atom. The minimum Gasteiger partial charge on any atom is -0.332 e. The maximum absolute atomic E-state index is 12.3. The number of fused-ring (bicyclic) bond motifs is 1. The number of nitrogens with two attached hydrogens (primary N) is 1. The number of benzene rings is 3. The molecule has 3 N–H and O–H groups in total. The molecule has 0 spiro atoms. The standard InChI is InChI=1S/C22H24N2O/c1-15-11-16(2)13-19(12-15)24-22(25)14-23-17(3)20-10-6-8-18-7-4-5-9-21(18)20/h4-13,17,23H,14H2,1-3H3,(H,24,25)/p+1/t17-/m0/s1. The summed E-state index contributed by atoms with van der Waals surface area (Å²) in [5.74, 6) is 0.0251. The van der Waals surface area contributed by atoms with E-state index in [1.807, 2.05) is 26.0 Å². The van der Waals surface area contributed by atoms with Gasteiger partial charge in [0.25, 0.3) is 5.91 Å². The molecule has 0 saturated carbocycles. The molecule has 1 atom stereocenters. The quantitative estimate of drug-likeness (QED) is 0.734. The minimum atomic E-state index is 0.0251. The molecule has 128 valence electrons. The molecule has 0 bridgehead atoms. The highest BCUT2D eigenvalue weighted by Gasteiger charge is 2.14. The van der Waals surface area contributed by atoms with Crippen LogP contribution in [0.5, 0.6) is 0 Å². The Bertz CT molecular complexity index is 876. The Morgan fingerprint density at radius 3 is 2.44 bits per heavy atom. The van der Waals surface area contributed by atoms with Gasteiger partial charge in [0, 0.05) is 11.3 Å². The van der Waals surface area contributed by atoms with E-state index in [1.165, 1.54) is 16.3 Å². The summed E-state index contributed by atoms with van der Waals surface area (Å²) < 4.78 is 0. The second kappa shape index (κ2) is 7.49. The van der Waals surface area contributed by atoms with Gasteiger partial charge in [0.2, 0.25) is 0 Å². The van der Waals surface area contributed by atoms with Crippen molar-refractivity contribution in [2.45, 2.75) is 26.8 Å². The number of aryl methyl sites for hydroxylation is 2. The summed E-state index contributed by atoms with van der Waals surface area (Å²) in [5.41, 5.74) is 4.44. The molecule has 0 radical (unpaired) electrons. The van der Waals surface area contributed by atoms with Gasteiger partial charge in [-0.3, -0.25) is 4.79 Å². The number of quaternary nitrogens is 1. The molecule has 0 saturated heterocycles. The molecule has 3 rings (SSSR count). The number of amides is 1. The molecule has 3 nitrogen and oxygen atoms in total. The zero-order valence-electron chi connectivity index (χ0n) is 15.0. The first kappa shape index (κ1) is 17.2. The van der Waals surface area contributed by atoms with Crippen molar-refractivity contribution in [1.29, 1.82) is 0 Å². The van der Waals surface area contributed by atoms with Gasteiger partial charge < -0.3 is 10.6 Å². The van der Waals surface area contributed by atoms with Crippen LogP contribution in [0.2, 0.25) is 0 Å². The third-order valence-corrected chi connectivity index (χ3v) is 4.48. The molecule has 3 heteroatoms. The molecule has 0 fully saturated rings. The van der Waals surface area contributed by atoms with Gasteiger partial charge in [-0.1, -0.05) is 48.5 Å². The average molecular weight is 333 g/mol. The lowest BCUT2D eigenvalue weighted by Crippen LogP contribution is -2.86. The summed E-state index contributed by atoms with van der Waals surface area (Å²) >= 11 is 0. The first-order chi connectivity index (χ1) is 12.0. The second-order valence-corrected chi connectivity index (χ2v) is 6.72. The Kier molecular flexibility index (Phi) is 5.15. The molecular formula is C22H25N2O+. The Hall–Kier alpha value is -2.65. The van der Waals surface area contributed by atoms with Crippen molar-refractivity contribution in [2.24, 2.45) is 0 Å². The van der Waals surface area contributed by atoms with Gasteiger partial charge in [-0.15, -0.1) is 0 Å². The summed E-state index contributed by atoms with van der Waals surface area (Å²) in [6.07, 6.45) is 0. The van der Waals surface area contributed by atoms with E-state index in [0.717, 1.165) is 16.8 Å². The third kappa shape index (κ3) is 4.25. The maximum atomic E-state index is 12.3. The number of hydrogen-bond donors (Lipinski definition) is 2. The number of carbonyl (C=O) groups excluding carboxylic acids is 1. The van der Waals surface area contributed by atoms with Crippen LogP contribution in [0.4, 0.5) is 5.69 Å². The van der Waals surface area contributed by atoms with Crippen LogP contribution in [-0.4, -0.2) is 12.5 Å². The van der Waals surface area contributed by atoms with E-state index in [9.17, 15) is 4.79 Å². The van der Waals surface area contributed by atoms with E-state index >= 15 is 0 Å². The molecule has 0 unspecified atom stereocenters. The van der Waals surface area contributed by atoms with Crippen molar-refractivity contribution in [3.8, 4) is 0 Å². The van der Waals surface area contributed by atoms with Crippen molar-refractivity contribution in [3.63, 3.8) is 0 Å². The summed E-state index contributed by atoms with van der Waals surface area (Å²) in [7, 11) is 0. The van der Waals surface area contributed by atoms with Crippen LogP contribution in [0.1, 0.15) is 29.7 Å². The molecule has 1 amide bonds. The lowest BCUT2D eigenvalue weighted by atomic mass is 10.00. The van der Waals surface area contributed by atoms with Gasteiger partial charge in [-0.05, 0) is 54.8 Å². The largest absolute Gasteiger partial charge is 0.332 e. The fourth-order valence-corrected chi connectivity index (χ4v) is 3.32. The lowest BCUT2D eigenvalue weighted by molar-refractivity contribution is -0.682. The van der Waals surface area contributed by atoms with E-state index in [0.29, 0.717) is 6.54 Å². The summed E-state index contributed by atoms with van der Waals surface area (Å²) in [4.78, 5) is 12.3. The first-order valence-electron chi connectivity index (χ1n) is 8.72. The highest BCUT2D eigenvalue weighted by molar-refractivity contribution is 5.91. The van der Waals surface area contributed by atoms with E-state index in [4.69, 9.17) is 0 Å². The molecular weight excluding hydrogens is 308 g/mol. The van der Waals surface area contributed by atoms with Gasteiger partial charge in [-0.25, -0.2) is 0 Å². The molecule has 3 aromatic carbocycles. The van der Waals surface area contributed by atoms with Crippen molar-refractivity contribution in [1.82, 2.24) is 0 Å². The second-order valence-electron chi connectivity index (χ2n) is 6.72. The van der Waals surface area contributed by atoms with Crippen LogP contribution in [-0.2, 0) is 4.79 Å². The van der Waals surface area contributed by atoms with Crippen molar-refractivity contribution in [2.75, 3.05) is 11.9 Å². The van der Waals surface area contributed by atoms with Crippen molar-refractivity contribution < 1.29 is 10.1 Å². The van der Waals surface area contributed by atoms with Crippen LogP contribution in [0.25, 0.3) is 10.8 Å². The zero-order valence-corrected chi connectivity index (χ0v) is 15.0. The number of hydrogen-bond acceptors (Lipinski definition) is 1. The van der Waals surface area contributed by atoms with Crippen molar-refractivity contribution >= 4 is 22.4 Å². The maximum Gasteiger partial charge on any atom is 0.279 e. The Balaban J connectivity index is 1.65. The van der Waals surface area contributed by atoms with E-state index in [2.05, 4.69) is 66.1 Å². The highest BCUT2D eigenvalue weighted by atomic mass is 16.1. The Morgan fingerprint density at radius 1 is 1.00 bits per heavy atom. The molecule has 0 aliphatic rings. The number of nitrogens with one attached hydrogen (secondary N) is 1. The molecule has 3 aromatic rings. The lowest BCUT2D eigenvalue weighted by Gasteiger charge is -2.14. The van der Waals surface area contributed by atoms with Crippen LogP contribution in [0.15, 0.2) is 60.7 Å². The predicted molar refractivity (Wildman–Crippen MR) is 104 cm³/mol. The summed E-state index contributed by atoms with van der Waals surface area (Å²) in [5, 5.41) is 7.57. The van der Waals surface area contributed by atoms with Crippen LogP contribution in [0, 0.1) is 13.8 Å². The van der Waals surface area contributed by atoms with Crippen molar-refractivity contribution in [3.05, 3.63) is 77.4 Å². The Labute approximate surface area is 149 Å². The zero-order chi connectivity index (χ0) is 17.8. The monoisotopic (exact) mass is 333 g/mol. The van der Waals surface area contributed by atoms with Gasteiger partial charge in [0.1, 0.15) is 6.04 Å². The fourth-order valence-electron chi connectivity index (χ4n) is 3.32. The number of anilines is 1. The molecule has 0 aromatic heterocycles. The van der Waals surface area contributed by atoms with Crippen LogP contribution < -0.4 is 10.6 Å². The summed E-state index contributed by atoms with van der Waals surface area (Å²) in [6, 6.07) is 21.0. The van der Waals surface area contributed by atoms with Gasteiger partial charge in [-0.2, -0.15) is 0 Å². The fraction of sp³-hybridized carbons (Fsp3) is 0.227.